The zero-order valence-corrected chi connectivity index (χ0v) is 12.8. The van der Waals surface area contributed by atoms with Crippen molar-refractivity contribution < 1.29 is 9.53 Å². The fourth-order valence-electron chi connectivity index (χ4n) is 1.89. The maximum Gasteiger partial charge on any atom is 0.262 e. The highest BCUT2D eigenvalue weighted by molar-refractivity contribution is 9.11. The predicted molar refractivity (Wildman–Crippen MR) is 80.3 cm³/mol. The van der Waals surface area contributed by atoms with Gasteiger partial charge in [0.05, 0.1) is 14.9 Å². The molecule has 0 spiro atoms. The Labute approximate surface area is 127 Å². The van der Waals surface area contributed by atoms with Gasteiger partial charge in [0, 0.05) is 4.88 Å². The number of amides is 1. The number of benzene rings is 1. The van der Waals surface area contributed by atoms with Gasteiger partial charge in [-0.2, -0.15) is 0 Å². The van der Waals surface area contributed by atoms with E-state index in [0.717, 1.165) is 14.2 Å². The quantitative estimate of drug-likeness (QED) is 0.818. The van der Waals surface area contributed by atoms with E-state index in [1.807, 2.05) is 30.3 Å². The number of fused-ring (bicyclic) bond motifs is 1. The van der Waals surface area contributed by atoms with Gasteiger partial charge in [-0.25, -0.2) is 0 Å². The van der Waals surface area contributed by atoms with Crippen LogP contribution in [0.5, 0.6) is 5.75 Å². The van der Waals surface area contributed by atoms with Crippen LogP contribution in [0.15, 0.2) is 34.1 Å². The van der Waals surface area contributed by atoms with Crippen LogP contribution < -0.4 is 10.1 Å². The molecule has 1 aromatic carbocycles. The molecule has 1 aromatic heterocycles. The summed E-state index contributed by atoms with van der Waals surface area (Å²) in [5.41, 5.74) is 1.61. The predicted octanol–water partition coefficient (Wildman–Crippen LogP) is 4.17. The molecule has 0 aliphatic carbocycles. The molecule has 3 rings (SSSR count). The van der Waals surface area contributed by atoms with Crippen molar-refractivity contribution in [3.63, 3.8) is 0 Å². The molecule has 3 nitrogen and oxygen atoms in total. The first kappa shape index (κ1) is 13.0. The van der Waals surface area contributed by atoms with Gasteiger partial charge < -0.3 is 10.1 Å². The zero-order chi connectivity index (χ0) is 13.4. The van der Waals surface area contributed by atoms with E-state index in [4.69, 9.17) is 16.3 Å². The lowest BCUT2D eigenvalue weighted by Crippen LogP contribution is -2.25. The minimum atomic E-state index is -0.236. The van der Waals surface area contributed by atoms with Crippen LogP contribution in [-0.2, 0) is 4.79 Å². The van der Waals surface area contributed by atoms with Gasteiger partial charge >= 0.3 is 0 Å². The highest BCUT2D eigenvalue weighted by atomic mass is 79.9. The van der Waals surface area contributed by atoms with Crippen LogP contribution in [0.25, 0.3) is 0 Å². The van der Waals surface area contributed by atoms with Gasteiger partial charge in [-0.3, -0.25) is 4.79 Å². The molecule has 0 fully saturated rings. The zero-order valence-electron chi connectivity index (χ0n) is 9.65. The van der Waals surface area contributed by atoms with Gasteiger partial charge in [0.1, 0.15) is 5.75 Å². The SMILES string of the molecule is O=C1COc2ccc(C(Cl)c3ccc(Br)s3)cc2N1. The van der Waals surface area contributed by atoms with Crippen molar-refractivity contribution in [3.05, 3.63) is 44.6 Å². The summed E-state index contributed by atoms with van der Waals surface area (Å²) in [6.07, 6.45) is 0. The number of carbonyl (C=O) groups is 1. The molecule has 1 aliphatic rings. The Bertz CT molecular complexity index is 643. The number of halogens is 2. The van der Waals surface area contributed by atoms with Crippen molar-refractivity contribution in [2.45, 2.75) is 5.38 Å². The molecule has 1 aliphatic heterocycles. The summed E-state index contributed by atoms with van der Waals surface area (Å²) in [5.74, 6) is 0.536. The van der Waals surface area contributed by atoms with Gasteiger partial charge in [0.2, 0.25) is 0 Å². The summed E-state index contributed by atoms with van der Waals surface area (Å²) in [6.45, 7) is 0.0640. The summed E-state index contributed by atoms with van der Waals surface area (Å²) in [6, 6.07) is 9.57. The highest BCUT2D eigenvalue weighted by Gasteiger charge is 2.19. The molecule has 98 valence electrons. The summed E-state index contributed by atoms with van der Waals surface area (Å²) in [7, 11) is 0. The third kappa shape index (κ3) is 2.63. The van der Waals surface area contributed by atoms with Gasteiger partial charge in [0.25, 0.3) is 5.91 Å². The molecule has 1 unspecified atom stereocenters. The Hall–Kier alpha value is -1.04. The third-order valence-electron chi connectivity index (χ3n) is 2.77. The average molecular weight is 359 g/mol. The summed E-state index contributed by atoms with van der Waals surface area (Å²) in [4.78, 5) is 12.4. The van der Waals surface area contributed by atoms with E-state index in [-0.39, 0.29) is 17.9 Å². The number of hydrogen-bond acceptors (Lipinski definition) is 3. The Kier molecular flexibility index (Phi) is 3.52. The van der Waals surface area contributed by atoms with E-state index >= 15 is 0 Å². The van der Waals surface area contributed by atoms with Crippen molar-refractivity contribution in [1.29, 1.82) is 0 Å². The number of hydrogen-bond donors (Lipinski definition) is 1. The molecule has 0 bridgehead atoms. The van der Waals surface area contributed by atoms with Gasteiger partial charge in [-0.15, -0.1) is 22.9 Å². The molecule has 0 saturated heterocycles. The summed E-state index contributed by atoms with van der Waals surface area (Å²) < 4.78 is 6.36. The lowest BCUT2D eigenvalue weighted by molar-refractivity contribution is -0.118. The number of nitrogens with one attached hydrogen (secondary N) is 1. The Morgan fingerprint density at radius 2 is 2.21 bits per heavy atom. The Morgan fingerprint density at radius 3 is 2.95 bits per heavy atom. The third-order valence-corrected chi connectivity index (χ3v) is 5.08. The minimum absolute atomic E-state index is 0.0640. The van der Waals surface area contributed by atoms with Crippen LogP contribution in [-0.4, -0.2) is 12.5 Å². The van der Waals surface area contributed by atoms with E-state index in [2.05, 4.69) is 21.2 Å². The molecule has 19 heavy (non-hydrogen) atoms. The second-order valence-corrected chi connectivity index (χ2v) is 7.03. The van der Waals surface area contributed by atoms with E-state index in [1.54, 1.807) is 11.3 Å². The monoisotopic (exact) mass is 357 g/mol. The van der Waals surface area contributed by atoms with Crippen molar-refractivity contribution in [1.82, 2.24) is 0 Å². The summed E-state index contributed by atoms with van der Waals surface area (Å²) in [5, 5.41) is 2.55. The number of alkyl halides is 1. The molecule has 0 radical (unpaired) electrons. The standard InChI is InChI=1S/C13H9BrClNO2S/c14-11-4-3-10(19-11)13(15)7-1-2-9-8(5-7)16-12(17)6-18-9/h1-5,13H,6H2,(H,16,17). The van der Waals surface area contributed by atoms with Crippen molar-refractivity contribution in [2.75, 3.05) is 11.9 Å². The average Bonchev–Trinajstić information content (AvgIpc) is 2.83. The van der Waals surface area contributed by atoms with E-state index < -0.39 is 0 Å². The first-order chi connectivity index (χ1) is 9.13. The molecule has 2 heterocycles. The summed E-state index contributed by atoms with van der Waals surface area (Å²) >= 11 is 11.5. The minimum Gasteiger partial charge on any atom is -0.482 e. The fourth-order valence-corrected chi connectivity index (χ4v) is 3.66. The lowest BCUT2D eigenvalue weighted by Gasteiger charge is -2.19. The Morgan fingerprint density at radius 1 is 1.37 bits per heavy atom. The van der Waals surface area contributed by atoms with Crippen LogP contribution in [0.2, 0.25) is 0 Å². The fraction of sp³-hybridized carbons (Fsp3) is 0.154. The van der Waals surface area contributed by atoms with Crippen LogP contribution in [0.4, 0.5) is 5.69 Å². The molecule has 1 N–H and O–H groups in total. The molecule has 6 heteroatoms. The molecule has 2 aromatic rings. The van der Waals surface area contributed by atoms with Crippen LogP contribution >= 0.6 is 38.9 Å². The Balaban J connectivity index is 1.93. The highest BCUT2D eigenvalue weighted by Crippen LogP contribution is 2.38. The van der Waals surface area contributed by atoms with Crippen LogP contribution in [0.1, 0.15) is 15.8 Å². The molecule has 0 saturated carbocycles. The van der Waals surface area contributed by atoms with Gasteiger partial charge in [-0.1, -0.05) is 6.07 Å². The maximum atomic E-state index is 11.3. The van der Waals surface area contributed by atoms with Crippen LogP contribution in [0.3, 0.4) is 0 Å². The number of rotatable bonds is 2. The normalized spacial score (nSPS) is 15.4. The molecule has 1 atom stereocenters. The molecular formula is C13H9BrClNO2S. The first-order valence-corrected chi connectivity index (χ1v) is 7.64. The number of anilines is 1. The van der Waals surface area contributed by atoms with Crippen molar-refractivity contribution in [3.8, 4) is 5.75 Å². The van der Waals surface area contributed by atoms with Crippen molar-refractivity contribution >= 4 is 50.5 Å². The maximum absolute atomic E-state index is 11.3. The molecular weight excluding hydrogens is 350 g/mol. The first-order valence-electron chi connectivity index (χ1n) is 5.59. The van der Waals surface area contributed by atoms with Crippen LogP contribution in [0, 0.1) is 0 Å². The van der Waals surface area contributed by atoms with Gasteiger partial charge in [0.15, 0.2) is 6.61 Å². The van der Waals surface area contributed by atoms with E-state index in [1.165, 1.54) is 0 Å². The largest absolute Gasteiger partial charge is 0.482 e. The van der Waals surface area contributed by atoms with E-state index in [0.29, 0.717) is 11.4 Å². The number of ether oxygens (including phenoxy) is 1. The van der Waals surface area contributed by atoms with E-state index in [9.17, 15) is 4.79 Å². The van der Waals surface area contributed by atoms with Crippen molar-refractivity contribution in [2.24, 2.45) is 0 Å². The smallest absolute Gasteiger partial charge is 0.262 e. The topological polar surface area (TPSA) is 38.3 Å². The molecule has 1 amide bonds. The number of thiophene rings is 1. The number of carbonyl (C=O) groups excluding carboxylic acids is 1. The van der Waals surface area contributed by atoms with Gasteiger partial charge in [-0.05, 0) is 45.8 Å². The second kappa shape index (κ2) is 5.15. The lowest BCUT2D eigenvalue weighted by atomic mass is 10.1. The second-order valence-electron chi connectivity index (χ2n) is 4.10.